The Morgan fingerprint density at radius 2 is 1.25 bits per heavy atom. The van der Waals surface area contributed by atoms with Crippen molar-refractivity contribution in [3.63, 3.8) is 0 Å². The quantitative estimate of drug-likeness (QED) is 0.603. The molecule has 0 atom stereocenters. The van der Waals surface area contributed by atoms with Gasteiger partial charge < -0.3 is 0 Å². The number of halogens is 1. The van der Waals surface area contributed by atoms with Gasteiger partial charge in [0.05, 0.1) is 26.2 Å². The number of isothiocyanates is 3. The van der Waals surface area contributed by atoms with E-state index >= 15 is 0 Å². The molecule has 0 radical (unpaired) electrons. The van der Waals surface area contributed by atoms with Gasteiger partial charge in [0.1, 0.15) is 11.4 Å². The summed E-state index contributed by atoms with van der Waals surface area (Å²) < 4.78 is 0. The topological polar surface area (TPSA) is 37.1 Å². The monoisotopic (exact) mass is 283 g/mol. The highest BCUT2D eigenvalue weighted by Crippen LogP contribution is 2.37. The fraction of sp³-hybridized carbons (Fsp3) is 0. The summed E-state index contributed by atoms with van der Waals surface area (Å²) in [6, 6.07) is 3.10. The maximum atomic E-state index is 5.93. The second-order valence-corrected chi connectivity index (χ2v) is 3.36. The lowest BCUT2D eigenvalue weighted by molar-refractivity contribution is 1.45. The predicted octanol–water partition coefficient (Wildman–Crippen LogP) is 4.54. The van der Waals surface area contributed by atoms with Crippen molar-refractivity contribution in [2.75, 3.05) is 0 Å². The third-order valence-corrected chi connectivity index (χ3v) is 2.12. The Morgan fingerprint density at radius 1 is 0.812 bits per heavy atom. The summed E-state index contributed by atoms with van der Waals surface area (Å²) >= 11 is 19.4. The number of hydrogen-bond acceptors (Lipinski definition) is 6. The first-order valence-electron chi connectivity index (χ1n) is 3.80. The average molecular weight is 284 g/mol. The molecule has 0 aliphatic heterocycles. The van der Waals surface area contributed by atoms with Crippen LogP contribution in [0.3, 0.4) is 0 Å². The van der Waals surface area contributed by atoms with Crippen LogP contribution in [-0.2, 0) is 0 Å². The third-order valence-electron chi connectivity index (χ3n) is 1.54. The van der Waals surface area contributed by atoms with Crippen molar-refractivity contribution < 1.29 is 0 Å². The number of nitrogens with zero attached hydrogens (tertiary/aromatic N) is 3. The van der Waals surface area contributed by atoms with E-state index in [0.717, 1.165) is 0 Å². The Balaban J connectivity index is 3.53. The van der Waals surface area contributed by atoms with E-state index in [2.05, 4.69) is 67.1 Å². The van der Waals surface area contributed by atoms with Crippen LogP contribution in [0.15, 0.2) is 27.1 Å². The van der Waals surface area contributed by atoms with Crippen LogP contribution in [0, 0.1) is 0 Å². The zero-order valence-corrected chi connectivity index (χ0v) is 10.8. The van der Waals surface area contributed by atoms with Crippen molar-refractivity contribution in [3.05, 3.63) is 17.2 Å². The summed E-state index contributed by atoms with van der Waals surface area (Å²) in [5, 5.41) is 7.03. The van der Waals surface area contributed by atoms with E-state index in [1.165, 1.54) is 6.07 Å². The molecular weight excluding hydrogens is 282 g/mol. The van der Waals surface area contributed by atoms with Crippen molar-refractivity contribution in [2.45, 2.75) is 0 Å². The van der Waals surface area contributed by atoms with E-state index in [4.69, 9.17) is 11.6 Å². The van der Waals surface area contributed by atoms with Crippen LogP contribution in [-0.4, -0.2) is 15.5 Å². The molecule has 0 bridgehead atoms. The SMILES string of the molecule is S=C=Nc1cc(N=C=S)c(N=C=S)cc1Cl. The second-order valence-electron chi connectivity index (χ2n) is 2.40. The number of hydrogen-bond donors (Lipinski definition) is 0. The minimum atomic E-state index is 0.365. The number of aliphatic imine (C=N–C) groups is 3. The van der Waals surface area contributed by atoms with Gasteiger partial charge >= 0.3 is 0 Å². The number of rotatable bonds is 3. The molecule has 0 aliphatic rings. The van der Waals surface area contributed by atoms with Gasteiger partial charge in [0, 0.05) is 0 Å². The van der Waals surface area contributed by atoms with Crippen LogP contribution in [0.4, 0.5) is 17.1 Å². The summed E-state index contributed by atoms with van der Waals surface area (Å²) in [7, 11) is 0. The molecule has 1 aromatic rings. The lowest BCUT2D eigenvalue weighted by atomic mass is 10.2. The molecule has 0 amide bonds. The first-order valence-corrected chi connectivity index (χ1v) is 5.40. The highest BCUT2D eigenvalue weighted by Gasteiger charge is 2.06. The van der Waals surface area contributed by atoms with Crippen LogP contribution in [0.5, 0.6) is 0 Å². The van der Waals surface area contributed by atoms with Crippen LogP contribution >= 0.6 is 48.3 Å². The van der Waals surface area contributed by atoms with Crippen LogP contribution in [0.25, 0.3) is 0 Å². The molecule has 0 saturated heterocycles. The fourth-order valence-corrected chi connectivity index (χ4v) is 1.45. The summed E-state index contributed by atoms with van der Waals surface area (Å²) in [6.45, 7) is 0. The normalized spacial score (nSPS) is 8.31. The molecule has 3 nitrogen and oxygen atoms in total. The molecule has 16 heavy (non-hydrogen) atoms. The molecule has 1 rings (SSSR count). The molecular formula is C9H2ClN3S3. The van der Waals surface area contributed by atoms with Crippen LogP contribution in [0.2, 0.25) is 5.02 Å². The van der Waals surface area contributed by atoms with Gasteiger partial charge in [-0.25, -0.2) is 0 Å². The molecule has 0 heterocycles. The van der Waals surface area contributed by atoms with E-state index < -0.39 is 0 Å². The summed E-state index contributed by atoms with van der Waals surface area (Å²) in [5.41, 5.74) is 1.32. The van der Waals surface area contributed by atoms with Crippen LogP contribution < -0.4 is 0 Å². The summed E-state index contributed by atoms with van der Waals surface area (Å²) in [6.07, 6.45) is 0. The van der Waals surface area contributed by atoms with Gasteiger partial charge in [-0.3, -0.25) is 0 Å². The van der Waals surface area contributed by atoms with Crippen molar-refractivity contribution in [1.29, 1.82) is 0 Å². The predicted molar refractivity (Wildman–Crippen MR) is 75.5 cm³/mol. The molecule has 0 unspecified atom stereocenters. The lowest BCUT2D eigenvalue weighted by Crippen LogP contribution is -1.72. The first-order chi connectivity index (χ1) is 7.72. The molecule has 1 aromatic carbocycles. The Morgan fingerprint density at radius 3 is 1.75 bits per heavy atom. The van der Waals surface area contributed by atoms with Crippen molar-refractivity contribution >= 4 is 80.8 Å². The second kappa shape index (κ2) is 6.48. The van der Waals surface area contributed by atoms with Crippen molar-refractivity contribution in [3.8, 4) is 0 Å². The fourth-order valence-electron chi connectivity index (χ4n) is 0.953. The van der Waals surface area contributed by atoms with Gasteiger partial charge in [-0.05, 0) is 48.8 Å². The molecule has 0 aromatic heterocycles. The molecule has 78 valence electrons. The maximum absolute atomic E-state index is 5.93. The van der Waals surface area contributed by atoms with Gasteiger partial charge in [0.2, 0.25) is 0 Å². The number of thiocarbonyl (C=S) groups is 3. The first kappa shape index (κ1) is 13.0. The maximum Gasteiger partial charge on any atom is 0.103 e. The molecule has 7 heteroatoms. The summed E-state index contributed by atoms with van der Waals surface area (Å²) in [5.74, 6) is 0. The Bertz CT molecular complexity index is 566. The van der Waals surface area contributed by atoms with E-state index in [1.54, 1.807) is 6.07 Å². The van der Waals surface area contributed by atoms with Gasteiger partial charge in [-0.2, -0.15) is 15.0 Å². The van der Waals surface area contributed by atoms with Crippen molar-refractivity contribution in [2.24, 2.45) is 15.0 Å². The third kappa shape index (κ3) is 3.20. The molecule has 0 spiro atoms. The van der Waals surface area contributed by atoms with Crippen molar-refractivity contribution in [1.82, 2.24) is 0 Å². The largest absolute Gasteiger partial charge is 0.193 e. The highest BCUT2D eigenvalue weighted by molar-refractivity contribution is 7.78. The zero-order chi connectivity index (χ0) is 12.0. The molecule has 0 saturated carbocycles. The summed E-state index contributed by atoms with van der Waals surface area (Å²) in [4.78, 5) is 11.4. The molecule has 0 N–H and O–H groups in total. The standard InChI is InChI=1S/C9H2ClN3S3/c10-6-1-8(12-4-15)9(13-5-16)2-7(6)11-3-14/h1-2H. The lowest BCUT2D eigenvalue weighted by Gasteiger charge is -2.01. The Hall–Kier alpha value is -1.09. The highest BCUT2D eigenvalue weighted by atomic mass is 35.5. The van der Waals surface area contributed by atoms with E-state index in [-0.39, 0.29) is 0 Å². The van der Waals surface area contributed by atoms with Gasteiger partial charge in [0.15, 0.2) is 0 Å². The van der Waals surface area contributed by atoms with Gasteiger partial charge in [-0.1, -0.05) is 11.6 Å². The van der Waals surface area contributed by atoms with Gasteiger partial charge in [-0.15, -0.1) is 0 Å². The zero-order valence-electron chi connectivity index (χ0n) is 7.60. The minimum Gasteiger partial charge on any atom is -0.193 e. The van der Waals surface area contributed by atoms with E-state index in [1.807, 2.05) is 0 Å². The molecule has 0 aliphatic carbocycles. The smallest absolute Gasteiger partial charge is 0.103 e. The molecule has 0 fully saturated rings. The Labute approximate surface area is 113 Å². The van der Waals surface area contributed by atoms with E-state index in [9.17, 15) is 0 Å². The Kier molecular flexibility index (Phi) is 5.26. The van der Waals surface area contributed by atoms with E-state index in [0.29, 0.717) is 22.1 Å². The minimum absolute atomic E-state index is 0.365. The van der Waals surface area contributed by atoms with Crippen LogP contribution in [0.1, 0.15) is 0 Å². The number of benzene rings is 1. The average Bonchev–Trinajstić information content (AvgIpc) is 2.25. The van der Waals surface area contributed by atoms with Gasteiger partial charge in [0.25, 0.3) is 0 Å².